The third kappa shape index (κ3) is 2.90. The number of imidazole rings is 1. The summed E-state index contributed by atoms with van der Waals surface area (Å²) in [5, 5.41) is 3.54. The maximum atomic E-state index is 13.6. The molecule has 6 rings (SSSR count). The van der Waals surface area contributed by atoms with E-state index in [0.717, 1.165) is 40.2 Å². The van der Waals surface area contributed by atoms with E-state index in [4.69, 9.17) is 4.98 Å². The van der Waals surface area contributed by atoms with Crippen LogP contribution in [0.25, 0.3) is 11.0 Å². The molecule has 0 fully saturated rings. The van der Waals surface area contributed by atoms with Crippen molar-refractivity contribution in [1.29, 1.82) is 0 Å². The van der Waals surface area contributed by atoms with Gasteiger partial charge in [-0.3, -0.25) is 9.36 Å². The lowest BCUT2D eigenvalue weighted by Gasteiger charge is -2.36. The summed E-state index contributed by atoms with van der Waals surface area (Å²) in [7, 11) is 0. The fourth-order valence-corrected chi connectivity index (χ4v) is 5.05. The number of Topliss-reactive ketones (excluding diaryl/α,β-unsaturated/α-hetero) is 1. The summed E-state index contributed by atoms with van der Waals surface area (Å²) < 4.78 is 2.19. The standard InChI is InChI=1S/C27H23N3O/c1-17-11-13-18(14-12-17)20-15-22-25(24(31)16-20)26(19-7-3-2-4-8-19)30-23-10-6-5-9-21(23)28-27(30)29-22/h2-14,20,26H,15-16H2,1H3,(H,28,29). The number of ketones is 1. The number of hydrogen-bond donors (Lipinski definition) is 1. The van der Waals surface area contributed by atoms with Gasteiger partial charge in [-0.05, 0) is 42.5 Å². The number of carbonyl (C=O) groups excluding carboxylic acids is 1. The Morgan fingerprint density at radius 2 is 1.61 bits per heavy atom. The van der Waals surface area contributed by atoms with Gasteiger partial charge in [0.25, 0.3) is 0 Å². The molecule has 0 saturated heterocycles. The second-order valence-corrected chi connectivity index (χ2v) is 8.56. The molecule has 4 nitrogen and oxygen atoms in total. The Hall–Kier alpha value is -3.66. The van der Waals surface area contributed by atoms with Crippen molar-refractivity contribution >= 4 is 22.8 Å². The topological polar surface area (TPSA) is 46.9 Å². The van der Waals surface area contributed by atoms with E-state index in [-0.39, 0.29) is 17.7 Å². The van der Waals surface area contributed by atoms with Gasteiger partial charge >= 0.3 is 0 Å². The maximum Gasteiger partial charge on any atom is 0.209 e. The van der Waals surface area contributed by atoms with Crippen molar-refractivity contribution in [1.82, 2.24) is 9.55 Å². The molecular weight excluding hydrogens is 382 g/mol. The lowest BCUT2D eigenvalue weighted by Crippen LogP contribution is -2.33. The van der Waals surface area contributed by atoms with Crippen molar-refractivity contribution < 1.29 is 4.79 Å². The third-order valence-corrected chi connectivity index (χ3v) is 6.56. The Bertz CT molecular complexity index is 1330. The van der Waals surface area contributed by atoms with E-state index in [9.17, 15) is 4.79 Å². The van der Waals surface area contributed by atoms with Crippen molar-refractivity contribution in [2.45, 2.75) is 31.7 Å². The quantitative estimate of drug-likeness (QED) is 0.461. The van der Waals surface area contributed by atoms with E-state index in [1.807, 2.05) is 36.4 Å². The predicted octanol–water partition coefficient (Wildman–Crippen LogP) is 5.76. The zero-order valence-electron chi connectivity index (χ0n) is 17.4. The number of benzene rings is 3. The molecule has 1 aliphatic heterocycles. The van der Waals surface area contributed by atoms with Crippen molar-refractivity contribution in [2.75, 3.05) is 5.32 Å². The number of anilines is 1. The number of para-hydroxylation sites is 2. The van der Waals surface area contributed by atoms with E-state index < -0.39 is 0 Å². The van der Waals surface area contributed by atoms with Gasteiger partial charge in [0.1, 0.15) is 0 Å². The van der Waals surface area contributed by atoms with E-state index >= 15 is 0 Å². The van der Waals surface area contributed by atoms with Crippen LogP contribution in [0.4, 0.5) is 5.95 Å². The van der Waals surface area contributed by atoms with E-state index in [2.05, 4.69) is 59.3 Å². The van der Waals surface area contributed by atoms with Crippen LogP contribution < -0.4 is 5.32 Å². The van der Waals surface area contributed by atoms with Crippen LogP contribution in [-0.2, 0) is 4.79 Å². The second-order valence-electron chi connectivity index (χ2n) is 8.56. The molecule has 3 aromatic carbocycles. The highest BCUT2D eigenvalue weighted by molar-refractivity contribution is 6.01. The molecule has 152 valence electrons. The van der Waals surface area contributed by atoms with Crippen LogP contribution in [0.3, 0.4) is 0 Å². The normalized spacial score (nSPS) is 20.4. The predicted molar refractivity (Wildman–Crippen MR) is 123 cm³/mol. The first-order valence-corrected chi connectivity index (χ1v) is 10.8. The lowest BCUT2D eigenvalue weighted by molar-refractivity contribution is -0.116. The van der Waals surface area contributed by atoms with Crippen molar-refractivity contribution in [3.63, 3.8) is 0 Å². The van der Waals surface area contributed by atoms with Gasteiger partial charge in [0.2, 0.25) is 5.95 Å². The Balaban J connectivity index is 1.51. The number of aromatic nitrogens is 2. The molecule has 2 atom stereocenters. The van der Waals surface area contributed by atoms with Gasteiger partial charge in [-0.15, -0.1) is 0 Å². The van der Waals surface area contributed by atoms with Gasteiger partial charge in [0.05, 0.1) is 17.1 Å². The lowest BCUT2D eigenvalue weighted by atomic mass is 9.77. The van der Waals surface area contributed by atoms with Crippen LogP contribution >= 0.6 is 0 Å². The van der Waals surface area contributed by atoms with Gasteiger partial charge in [0, 0.05) is 17.7 Å². The number of carbonyl (C=O) groups is 1. The molecule has 1 aliphatic carbocycles. The molecule has 31 heavy (non-hydrogen) atoms. The number of rotatable bonds is 2. The average molecular weight is 406 g/mol. The zero-order valence-corrected chi connectivity index (χ0v) is 17.4. The van der Waals surface area contributed by atoms with Crippen LogP contribution in [0.15, 0.2) is 90.1 Å². The summed E-state index contributed by atoms with van der Waals surface area (Å²) in [6.07, 6.45) is 1.35. The molecule has 4 heteroatoms. The molecule has 2 unspecified atom stereocenters. The highest BCUT2D eigenvalue weighted by Gasteiger charge is 2.39. The molecule has 4 aromatic rings. The molecule has 2 heterocycles. The van der Waals surface area contributed by atoms with Gasteiger partial charge in [0.15, 0.2) is 5.78 Å². The Morgan fingerprint density at radius 1 is 0.871 bits per heavy atom. The summed E-state index contributed by atoms with van der Waals surface area (Å²) in [6, 6.07) is 26.9. The minimum absolute atomic E-state index is 0.161. The number of allylic oxidation sites excluding steroid dienone is 2. The minimum atomic E-state index is -0.161. The number of nitrogens with zero attached hydrogens (tertiary/aromatic N) is 2. The SMILES string of the molecule is Cc1ccc(C2CC(=O)C3=C(C2)Nc2nc4ccccc4n2C3c2ccccc2)cc1. The van der Waals surface area contributed by atoms with Crippen molar-refractivity contribution in [2.24, 2.45) is 0 Å². The fourth-order valence-electron chi connectivity index (χ4n) is 5.05. The molecule has 1 aromatic heterocycles. The summed E-state index contributed by atoms with van der Waals surface area (Å²) in [5.41, 5.74) is 7.45. The van der Waals surface area contributed by atoms with Crippen molar-refractivity contribution in [3.8, 4) is 0 Å². The van der Waals surface area contributed by atoms with Gasteiger partial charge < -0.3 is 5.32 Å². The van der Waals surface area contributed by atoms with E-state index in [1.165, 1.54) is 11.1 Å². The smallest absolute Gasteiger partial charge is 0.209 e. The molecule has 1 N–H and O–H groups in total. The zero-order chi connectivity index (χ0) is 20.9. The van der Waals surface area contributed by atoms with Gasteiger partial charge in [-0.25, -0.2) is 4.98 Å². The van der Waals surface area contributed by atoms with E-state index in [1.54, 1.807) is 0 Å². The molecule has 0 spiro atoms. The molecular formula is C27H23N3O. The van der Waals surface area contributed by atoms with Crippen LogP contribution in [0.2, 0.25) is 0 Å². The Morgan fingerprint density at radius 3 is 2.42 bits per heavy atom. The Labute approximate surface area is 181 Å². The molecule has 0 saturated carbocycles. The number of hydrogen-bond acceptors (Lipinski definition) is 3. The van der Waals surface area contributed by atoms with Crippen LogP contribution in [-0.4, -0.2) is 15.3 Å². The number of aryl methyl sites for hydroxylation is 1. The largest absolute Gasteiger partial charge is 0.329 e. The Kier molecular flexibility index (Phi) is 4.06. The summed E-state index contributed by atoms with van der Waals surface area (Å²) in [5.74, 6) is 1.22. The van der Waals surface area contributed by atoms with Gasteiger partial charge in [-0.2, -0.15) is 0 Å². The first-order chi connectivity index (χ1) is 15.2. The molecule has 0 amide bonds. The first-order valence-electron chi connectivity index (χ1n) is 10.8. The summed E-state index contributed by atoms with van der Waals surface area (Å²) in [4.78, 5) is 18.5. The molecule has 0 radical (unpaired) electrons. The van der Waals surface area contributed by atoms with Gasteiger partial charge in [-0.1, -0.05) is 72.3 Å². The van der Waals surface area contributed by atoms with Crippen LogP contribution in [0.5, 0.6) is 0 Å². The maximum absolute atomic E-state index is 13.6. The van der Waals surface area contributed by atoms with Crippen molar-refractivity contribution in [3.05, 3.63) is 107 Å². The van der Waals surface area contributed by atoms with E-state index in [0.29, 0.717) is 6.42 Å². The minimum Gasteiger partial charge on any atom is -0.329 e. The van der Waals surface area contributed by atoms with Crippen LogP contribution in [0.1, 0.15) is 41.5 Å². The fraction of sp³-hybridized carbons (Fsp3) is 0.185. The monoisotopic (exact) mass is 405 g/mol. The van der Waals surface area contributed by atoms with Crippen LogP contribution in [0, 0.1) is 6.92 Å². The average Bonchev–Trinajstić information content (AvgIpc) is 3.16. The highest BCUT2D eigenvalue weighted by atomic mass is 16.1. The number of fused-ring (bicyclic) bond motifs is 3. The second kappa shape index (κ2) is 6.95. The molecule has 0 bridgehead atoms. The third-order valence-electron chi connectivity index (χ3n) is 6.56. The summed E-state index contributed by atoms with van der Waals surface area (Å²) >= 11 is 0. The highest BCUT2D eigenvalue weighted by Crippen LogP contribution is 2.45. The number of nitrogens with one attached hydrogen (secondary N) is 1. The molecule has 2 aliphatic rings. The summed E-state index contributed by atoms with van der Waals surface area (Å²) in [6.45, 7) is 2.09. The first kappa shape index (κ1) is 18.1.